The SMILES string of the molecule is COCCNc1cc(Cc2ccc(C(=O)N3CCOCC3)c3c2OCCO3)nc2c1C(Cl)=CC2. The minimum Gasteiger partial charge on any atom is -0.486 e. The summed E-state index contributed by atoms with van der Waals surface area (Å²) in [4.78, 5) is 19.8. The molecule has 0 bridgehead atoms. The second-order valence-corrected chi connectivity index (χ2v) is 8.77. The number of nitrogens with zero attached hydrogens (tertiary/aromatic N) is 2. The Morgan fingerprint density at radius 2 is 1.97 bits per heavy atom. The van der Waals surface area contributed by atoms with Crippen molar-refractivity contribution in [2.24, 2.45) is 0 Å². The molecular weight excluding hydrogens is 458 g/mol. The summed E-state index contributed by atoms with van der Waals surface area (Å²) in [7, 11) is 1.68. The van der Waals surface area contributed by atoms with Gasteiger partial charge in [-0.3, -0.25) is 9.78 Å². The molecule has 5 rings (SSSR count). The monoisotopic (exact) mass is 485 g/mol. The Kier molecular flexibility index (Phi) is 6.89. The smallest absolute Gasteiger partial charge is 0.257 e. The van der Waals surface area contributed by atoms with Crippen molar-refractivity contribution in [1.82, 2.24) is 9.88 Å². The van der Waals surface area contributed by atoms with Crippen molar-refractivity contribution < 1.29 is 23.7 Å². The predicted octanol–water partition coefficient (Wildman–Crippen LogP) is 3.11. The molecule has 3 aliphatic rings. The largest absolute Gasteiger partial charge is 0.486 e. The van der Waals surface area contributed by atoms with Crippen LogP contribution < -0.4 is 14.8 Å². The van der Waals surface area contributed by atoms with Gasteiger partial charge in [0.25, 0.3) is 5.91 Å². The number of benzene rings is 1. The van der Waals surface area contributed by atoms with Crippen molar-refractivity contribution >= 4 is 28.2 Å². The molecule has 1 aliphatic carbocycles. The van der Waals surface area contributed by atoms with Crippen LogP contribution in [0.5, 0.6) is 11.5 Å². The third kappa shape index (κ3) is 4.58. The van der Waals surface area contributed by atoms with E-state index in [0.29, 0.717) is 87.6 Å². The number of ether oxygens (including phenoxy) is 4. The number of amides is 1. The van der Waals surface area contributed by atoms with Crippen LogP contribution in [0.25, 0.3) is 5.03 Å². The van der Waals surface area contributed by atoms with E-state index in [2.05, 4.69) is 5.32 Å². The fourth-order valence-corrected chi connectivity index (χ4v) is 4.80. The number of halogens is 1. The van der Waals surface area contributed by atoms with Crippen LogP contribution in [0.15, 0.2) is 24.3 Å². The number of fused-ring (bicyclic) bond motifs is 2. The highest BCUT2D eigenvalue weighted by Gasteiger charge is 2.28. The predicted molar refractivity (Wildman–Crippen MR) is 129 cm³/mol. The lowest BCUT2D eigenvalue weighted by Crippen LogP contribution is -2.41. The van der Waals surface area contributed by atoms with E-state index in [4.69, 9.17) is 35.5 Å². The molecule has 0 radical (unpaired) electrons. The van der Waals surface area contributed by atoms with E-state index in [-0.39, 0.29) is 5.91 Å². The number of carbonyl (C=O) groups excluding carboxylic acids is 1. The minimum absolute atomic E-state index is 0.0578. The fourth-order valence-electron chi connectivity index (χ4n) is 4.51. The highest BCUT2D eigenvalue weighted by Crippen LogP contribution is 2.40. The molecule has 0 saturated carbocycles. The third-order valence-corrected chi connectivity index (χ3v) is 6.50. The van der Waals surface area contributed by atoms with Gasteiger partial charge in [0.2, 0.25) is 0 Å². The second-order valence-electron chi connectivity index (χ2n) is 8.37. The Hall–Kier alpha value is -2.81. The van der Waals surface area contributed by atoms with Gasteiger partial charge in [-0.1, -0.05) is 23.7 Å². The Labute approximate surface area is 203 Å². The standard InChI is InChI=1S/C25H28ClN3O5/c1-31-9-6-27-21-15-17(28-20-5-4-19(26)22(20)21)14-16-2-3-18(24-23(16)33-12-13-34-24)25(30)29-7-10-32-11-8-29/h2-4,15H,5-14H2,1H3,(H,27,28). The van der Waals surface area contributed by atoms with Crippen LogP contribution in [0.3, 0.4) is 0 Å². The van der Waals surface area contributed by atoms with E-state index in [1.807, 2.05) is 24.3 Å². The summed E-state index contributed by atoms with van der Waals surface area (Å²) in [6.45, 7) is 4.35. The topological polar surface area (TPSA) is 82.2 Å². The zero-order valence-electron chi connectivity index (χ0n) is 19.2. The van der Waals surface area contributed by atoms with Crippen LogP contribution in [-0.2, 0) is 22.3 Å². The first-order valence-electron chi connectivity index (χ1n) is 11.6. The lowest BCUT2D eigenvalue weighted by molar-refractivity contribution is 0.0298. The van der Waals surface area contributed by atoms with Crippen molar-refractivity contribution in [3.05, 3.63) is 52.4 Å². The molecule has 180 valence electrons. The van der Waals surface area contributed by atoms with Crippen molar-refractivity contribution in [3.8, 4) is 11.5 Å². The van der Waals surface area contributed by atoms with Gasteiger partial charge in [-0.25, -0.2) is 0 Å². The number of nitrogens with one attached hydrogen (secondary N) is 1. The quantitative estimate of drug-likeness (QED) is 0.603. The number of aromatic nitrogens is 1. The second kappa shape index (κ2) is 10.2. The molecule has 34 heavy (non-hydrogen) atoms. The molecule has 9 heteroatoms. The Morgan fingerprint density at radius 3 is 2.76 bits per heavy atom. The molecule has 1 aromatic heterocycles. The number of hydrogen-bond donors (Lipinski definition) is 1. The summed E-state index contributed by atoms with van der Waals surface area (Å²) >= 11 is 6.45. The summed E-state index contributed by atoms with van der Waals surface area (Å²) in [6.07, 6.45) is 3.22. The van der Waals surface area contributed by atoms with Crippen molar-refractivity contribution in [1.29, 1.82) is 0 Å². The number of rotatable bonds is 7. The molecule has 1 fully saturated rings. The van der Waals surface area contributed by atoms with E-state index in [9.17, 15) is 4.79 Å². The minimum atomic E-state index is -0.0578. The van der Waals surface area contributed by atoms with Crippen LogP contribution in [0.1, 0.15) is 32.9 Å². The van der Waals surface area contributed by atoms with E-state index in [0.717, 1.165) is 28.2 Å². The van der Waals surface area contributed by atoms with E-state index in [1.165, 1.54) is 0 Å². The van der Waals surface area contributed by atoms with Crippen LogP contribution in [-0.4, -0.2) is 75.6 Å². The third-order valence-electron chi connectivity index (χ3n) is 6.15. The van der Waals surface area contributed by atoms with Gasteiger partial charge in [0.15, 0.2) is 11.5 Å². The normalized spacial score (nSPS) is 16.8. The van der Waals surface area contributed by atoms with Gasteiger partial charge in [-0.2, -0.15) is 0 Å². The van der Waals surface area contributed by atoms with Gasteiger partial charge in [-0.05, 0) is 12.1 Å². The van der Waals surface area contributed by atoms with Gasteiger partial charge < -0.3 is 29.2 Å². The summed E-state index contributed by atoms with van der Waals surface area (Å²) in [5.74, 6) is 1.08. The first kappa shape index (κ1) is 23.0. The zero-order valence-corrected chi connectivity index (χ0v) is 20.0. The van der Waals surface area contributed by atoms with E-state index < -0.39 is 0 Å². The number of carbonyl (C=O) groups is 1. The number of hydrogen-bond acceptors (Lipinski definition) is 7. The average molecular weight is 486 g/mol. The Balaban J connectivity index is 1.45. The van der Waals surface area contributed by atoms with Gasteiger partial charge in [-0.15, -0.1) is 0 Å². The van der Waals surface area contributed by atoms with Crippen LogP contribution in [0.2, 0.25) is 0 Å². The average Bonchev–Trinajstić information content (AvgIpc) is 3.25. The number of pyridine rings is 1. The molecule has 0 spiro atoms. The van der Waals surface area contributed by atoms with Crippen molar-refractivity contribution in [3.63, 3.8) is 0 Å². The lowest BCUT2D eigenvalue weighted by atomic mass is 10.0. The van der Waals surface area contributed by atoms with E-state index >= 15 is 0 Å². The molecule has 1 aromatic carbocycles. The van der Waals surface area contributed by atoms with Crippen LogP contribution in [0.4, 0.5) is 5.69 Å². The van der Waals surface area contributed by atoms with Gasteiger partial charge >= 0.3 is 0 Å². The molecule has 1 N–H and O–H groups in total. The molecular formula is C25H28ClN3O5. The van der Waals surface area contributed by atoms with Crippen LogP contribution >= 0.6 is 11.6 Å². The van der Waals surface area contributed by atoms with Crippen molar-refractivity contribution in [2.45, 2.75) is 12.8 Å². The Bertz CT molecular complexity index is 1110. The lowest BCUT2D eigenvalue weighted by Gasteiger charge is -2.29. The Morgan fingerprint density at radius 1 is 1.18 bits per heavy atom. The van der Waals surface area contributed by atoms with Gasteiger partial charge in [0.05, 0.1) is 31.1 Å². The molecule has 8 nitrogen and oxygen atoms in total. The number of methoxy groups -OCH3 is 1. The molecule has 1 saturated heterocycles. The highest BCUT2D eigenvalue weighted by atomic mass is 35.5. The maximum atomic E-state index is 13.2. The maximum absolute atomic E-state index is 13.2. The summed E-state index contributed by atoms with van der Waals surface area (Å²) in [6, 6.07) is 5.81. The molecule has 3 heterocycles. The highest BCUT2D eigenvalue weighted by molar-refractivity contribution is 6.49. The molecule has 0 unspecified atom stereocenters. The number of morpholine rings is 1. The zero-order chi connectivity index (χ0) is 23.5. The van der Waals surface area contributed by atoms with Gasteiger partial charge in [0, 0.05) is 67.1 Å². The summed E-state index contributed by atoms with van der Waals surface area (Å²) < 4.78 is 22.5. The van der Waals surface area contributed by atoms with E-state index in [1.54, 1.807) is 12.0 Å². The first-order valence-corrected chi connectivity index (χ1v) is 11.9. The molecule has 1 amide bonds. The number of allylic oxidation sites excluding steroid dienone is 1. The fraction of sp³-hybridized carbons (Fsp3) is 0.440. The molecule has 2 aliphatic heterocycles. The van der Waals surface area contributed by atoms with Gasteiger partial charge in [0.1, 0.15) is 13.2 Å². The maximum Gasteiger partial charge on any atom is 0.257 e. The molecule has 0 atom stereocenters. The van der Waals surface area contributed by atoms with Crippen molar-refractivity contribution in [2.75, 3.05) is 65.1 Å². The summed E-state index contributed by atoms with van der Waals surface area (Å²) in [5, 5.41) is 4.14. The summed E-state index contributed by atoms with van der Waals surface area (Å²) in [5.41, 5.74) is 5.20. The first-order chi connectivity index (χ1) is 16.7. The molecule has 2 aromatic rings. The van der Waals surface area contributed by atoms with Crippen LogP contribution in [0, 0.1) is 0 Å². The number of anilines is 1.